The molecule has 1 N–H and O–H groups in total. The fourth-order valence-electron chi connectivity index (χ4n) is 3.35. The van der Waals surface area contributed by atoms with Crippen molar-refractivity contribution >= 4 is 49.7 Å². The maximum Gasteiger partial charge on any atom is 0.264 e. The molecule has 0 bridgehead atoms. The van der Waals surface area contributed by atoms with Crippen LogP contribution in [0.1, 0.15) is 12.5 Å². The molecule has 8 nitrogen and oxygen atoms in total. The summed E-state index contributed by atoms with van der Waals surface area (Å²) < 4.78 is 33.9. The van der Waals surface area contributed by atoms with Crippen LogP contribution in [-0.2, 0) is 14.8 Å². The number of anilines is 2. The molecular weight excluding hydrogens is 520 g/mol. The quantitative estimate of drug-likeness (QED) is 0.304. The van der Waals surface area contributed by atoms with Crippen LogP contribution in [0.3, 0.4) is 0 Å². The Labute approximate surface area is 218 Å². The third kappa shape index (κ3) is 5.84. The molecule has 0 spiro atoms. The van der Waals surface area contributed by atoms with Crippen LogP contribution in [0, 0.1) is 6.92 Å². The van der Waals surface area contributed by atoms with Crippen molar-refractivity contribution in [3.05, 3.63) is 83.4 Å². The normalized spacial score (nSPS) is 11.2. The van der Waals surface area contributed by atoms with E-state index in [1.165, 1.54) is 35.6 Å². The first-order valence-corrected chi connectivity index (χ1v) is 13.6. The van der Waals surface area contributed by atoms with E-state index in [1.54, 1.807) is 31.2 Å². The molecule has 0 aliphatic heterocycles. The molecule has 4 rings (SSSR count). The van der Waals surface area contributed by atoms with Gasteiger partial charge in [0, 0.05) is 10.6 Å². The lowest BCUT2D eigenvalue weighted by Gasteiger charge is -2.25. The predicted octanol–water partition coefficient (Wildman–Crippen LogP) is 5.40. The molecule has 36 heavy (non-hydrogen) atoms. The molecule has 0 aliphatic rings. The number of nitrogens with one attached hydrogen (secondary N) is 1. The van der Waals surface area contributed by atoms with E-state index >= 15 is 0 Å². The number of para-hydroxylation sites is 2. The van der Waals surface area contributed by atoms with Gasteiger partial charge in [-0.2, -0.15) is 0 Å². The largest absolute Gasteiger partial charge is 0.492 e. The highest BCUT2D eigenvalue weighted by Crippen LogP contribution is 2.33. The molecule has 186 valence electrons. The lowest BCUT2D eigenvalue weighted by Crippen LogP contribution is -2.38. The van der Waals surface area contributed by atoms with E-state index in [2.05, 4.69) is 15.5 Å². The Morgan fingerprint density at radius 1 is 1.03 bits per heavy atom. The summed E-state index contributed by atoms with van der Waals surface area (Å²) in [6.07, 6.45) is 0. The smallest absolute Gasteiger partial charge is 0.264 e. The van der Waals surface area contributed by atoms with E-state index in [0.29, 0.717) is 22.4 Å². The Morgan fingerprint density at radius 2 is 1.72 bits per heavy atom. The summed E-state index contributed by atoms with van der Waals surface area (Å²) in [5.74, 6) is -0.242. The monoisotopic (exact) mass is 542 g/mol. The highest BCUT2D eigenvalue weighted by molar-refractivity contribution is 7.92. The van der Waals surface area contributed by atoms with E-state index < -0.39 is 22.5 Å². The van der Waals surface area contributed by atoms with Crippen molar-refractivity contribution in [2.24, 2.45) is 0 Å². The van der Waals surface area contributed by atoms with Crippen LogP contribution in [-0.4, -0.2) is 37.7 Å². The first-order valence-electron chi connectivity index (χ1n) is 11.0. The number of nitrogens with zero attached hydrogens (tertiary/aromatic N) is 3. The van der Waals surface area contributed by atoms with Gasteiger partial charge in [0.15, 0.2) is 0 Å². The number of benzene rings is 3. The van der Waals surface area contributed by atoms with Gasteiger partial charge in [0.2, 0.25) is 11.0 Å². The fourth-order valence-corrected chi connectivity index (χ4v) is 5.67. The standard InChI is InChI=1S/C25H23ClN4O4S2/c1-3-34-22-7-5-4-6-21(22)30(36(32,33)20-14-12-19(26)13-15-20)16-23(31)27-25-29-28-24(35-25)18-10-8-17(2)9-11-18/h4-15H,3,16H2,1-2H3,(H,27,29,31). The van der Waals surface area contributed by atoms with Crippen molar-refractivity contribution in [1.29, 1.82) is 0 Å². The fraction of sp³-hybridized carbons (Fsp3) is 0.160. The maximum absolute atomic E-state index is 13.6. The second-order valence-electron chi connectivity index (χ2n) is 7.69. The van der Waals surface area contributed by atoms with Gasteiger partial charge in [0.1, 0.15) is 17.3 Å². The summed E-state index contributed by atoms with van der Waals surface area (Å²) in [5.41, 5.74) is 2.23. The van der Waals surface area contributed by atoms with Crippen molar-refractivity contribution in [3.63, 3.8) is 0 Å². The van der Waals surface area contributed by atoms with Crippen LogP contribution in [0.4, 0.5) is 10.8 Å². The molecule has 1 aromatic heterocycles. The number of hydrogen-bond donors (Lipinski definition) is 1. The number of carbonyl (C=O) groups excluding carboxylic acids is 1. The van der Waals surface area contributed by atoms with Crippen molar-refractivity contribution in [2.45, 2.75) is 18.7 Å². The van der Waals surface area contributed by atoms with Gasteiger partial charge < -0.3 is 4.74 Å². The van der Waals surface area contributed by atoms with E-state index in [-0.39, 0.29) is 15.7 Å². The third-order valence-electron chi connectivity index (χ3n) is 5.09. The minimum Gasteiger partial charge on any atom is -0.492 e. The van der Waals surface area contributed by atoms with Gasteiger partial charge in [0.25, 0.3) is 10.0 Å². The van der Waals surface area contributed by atoms with Gasteiger partial charge in [-0.25, -0.2) is 8.42 Å². The number of amides is 1. The van der Waals surface area contributed by atoms with Crippen LogP contribution < -0.4 is 14.4 Å². The van der Waals surface area contributed by atoms with Gasteiger partial charge in [-0.3, -0.25) is 14.4 Å². The van der Waals surface area contributed by atoms with Gasteiger partial charge in [-0.15, -0.1) is 10.2 Å². The molecule has 1 amide bonds. The number of aryl methyl sites for hydroxylation is 1. The van der Waals surface area contributed by atoms with Crippen molar-refractivity contribution in [2.75, 3.05) is 22.8 Å². The second-order valence-corrected chi connectivity index (χ2v) is 11.0. The number of halogens is 1. The van der Waals surface area contributed by atoms with Crippen LogP contribution >= 0.6 is 22.9 Å². The highest BCUT2D eigenvalue weighted by Gasteiger charge is 2.29. The number of hydrogen-bond acceptors (Lipinski definition) is 7. The summed E-state index contributed by atoms with van der Waals surface area (Å²) in [6.45, 7) is 3.60. The lowest BCUT2D eigenvalue weighted by atomic mass is 10.2. The summed E-state index contributed by atoms with van der Waals surface area (Å²) >= 11 is 7.15. The second kappa shape index (κ2) is 11.1. The molecule has 11 heteroatoms. The van der Waals surface area contributed by atoms with E-state index in [9.17, 15) is 13.2 Å². The third-order valence-corrected chi connectivity index (χ3v) is 8.01. The average Bonchev–Trinajstić information content (AvgIpc) is 3.32. The number of ether oxygens (including phenoxy) is 1. The summed E-state index contributed by atoms with van der Waals surface area (Å²) in [6, 6.07) is 20.2. The number of aromatic nitrogens is 2. The Bertz CT molecular complexity index is 1460. The average molecular weight is 543 g/mol. The molecule has 0 saturated carbocycles. The molecule has 4 aromatic rings. The van der Waals surface area contributed by atoms with Crippen molar-refractivity contribution in [3.8, 4) is 16.3 Å². The van der Waals surface area contributed by atoms with E-state index in [4.69, 9.17) is 16.3 Å². The maximum atomic E-state index is 13.6. The first-order chi connectivity index (χ1) is 17.3. The summed E-state index contributed by atoms with van der Waals surface area (Å²) in [4.78, 5) is 13.0. The number of carbonyl (C=O) groups is 1. The molecule has 3 aromatic carbocycles. The van der Waals surface area contributed by atoms with Gasteiger partial charge in [-0.05, 0) is 50.2 Å². The first kappa shape index (κ1) is 25.6. The van der Waals surface area contributed by atoms with Gasteiger partial charge in [-0.1, -0.05) is 64.9 Å². The van der Waals surface area contributed by atoms with E-state index in [0.717, 1.165) is 15.4 Å². The zero-order valence-electron chi connectivity index (χ0n) is 19.5. The Kier molecular flexibility index (Phi) is 7.88. The minimum absolute atomic E-state index is 0.0106. The molecular formula is C25H23ClN4O4S2. The lowest BCUT2D eigenvalue weighted by molar-refractivity contribution is -0.114. The number of sulfonamides is 1. The van der Waals surface area contributed by atoms with Crippen LogP contribution in [0.5, 0.6) is 5.75 Å². The topological polar surface area (TPSA) is 101 Å². The SMILES string of the molecule is CCOc1ccccc1N(CC(=O)Nc1nnc(-c2ccc(C)cc2)s1)S(=O)(=O)c1ccc(Cl)cc1. The zero-order chi connectivity index (χ0) is 25.7. The molecule has 0 atom stereocenters. The number of rotatable bonds is 9. The molecule has 0 unspecified atom stereocenters. The van der Waals surface area contributed by atoms with Gasteiger partial charge >= 0.3 is 0 Å². The Hall–Kier alpha value is -3.47. The Balaban J connectivity index is 1.63. The van der Waals surface area contributed by atoms with Crippen LogP contribution in [0.2, 0.25) is 5.02 Å². The van der Waals surface area contributed by atoms with Gasteiger partial charge in [0.05, 0.1) is 17.2 Å². The minimum atomic E-state index is -4.14. The Morgan fingerprint density at radius 3 is 2.42 bits per heavy atom. The molecule has 1 heterocycles. The van der Waals surface area contributed by atoms with Crippen molar-refractivity contribution < 1.29 is 17.9 Å². The van der Waals surface area contributed by atoms with Crippen molar-refractivity contribution in [1.82, 2.24) is 10.2 Å². The summed E-state index contributed by atoms with van der Waals surface area (Å²) in [5, 5.41) is 12.1. The molecule has 0 fully saturated rings. The molecule has 0 aliphatic carbocycles. The summed E-state index contributed by atoms with van der Waals surface area (Å²) in [7, 11) is -4.14. The zero-order valence-corrected chi connectivity index (χ0v) is 21.9. The van der Waals surface area contributed by atoms with E-state index in [1.807, 2.05) is 31.2 Å². The molecule has 0 radical (unpaired) electrons. The highest BCUT2D eigenvalue weighted by atomic mass is 35.5. The molecule has 0 saturated heterocycles. The predicted molar refractivity (Wildman–Crippen MR) is 142 cm³/mol. The van der Waals surface area contributed by atoms with Crippen LogP contribution in [0.25, 0.3) is 10.6 Å². The van der Waals surface area contributed by atoms with Crippen LogP contribution in [0.15, 0.2) is 77.7 Å².